The zero-order valence-corrected chi connectivity index (χ0v) is 8.23. The molecule has 1 aromatic heterocycles. The second-order valence-corrected chi connectivity index (χ2v) is 3.26. The maximum atomic E-state index is 13.6. The lowest BCUT2D eigenvalue weighted by Gasteiger charge is -2.10. The normalized spacial score (nSPS) is 10.5. The van der Waals surface area contributed by atoms with Crippen molar-refractivity contribution in [3.05, 3.63) is 48.3 Å². The van der Waals surface area contributed by atoms with Crippen LogP contribution in [0.1, 0.15) is 5.56 Å². The van der Waals surface area contributed by atoms with E-state index in [9.17, 15) is 4.39 Å². The number of rotatable bonds is 3. The molecule has 2 rings (SSSR count). The fraction of sp³-hybridized carbons (Fsp3) is 0.182. The van der Waals surface area contributed by atoms with Gasteiger partial charge in [0.05, 0.1) is 12.0 Å². The maximum absolute atomic E-state index is 13.6. The summed E-state index contributed by atoms with van der Waals surface area (Å²) in [6, 6.07) is 5.02. The Bertz CT molecular complexity index is 437. The van der Waals surface area contributed by atoms with Crippen LogP contribution in [-0.4, -0.2) is 16.1 Å². The van der Waals surface area contributed by atoms with E-state index in [1.165, 1.54) is 6.07 Å². The van der Waals surface area contributed by atoms with Gasteiger partial charge in [0.2, 0.25) is 0 Å². The van der Waals surface area contributed by atoms with Crippen molar-refractivity contribution in [2.45, 2.75) is 6.42 Å². The summed E-state index contributed by atoms with van der Waals surface area (Å²) in [4.78, 5) is 3.91. The van der Waals surface area contributed by atoms with Crippen molar-refractivity contribution in [1.82, 2.24) is 9.55 Å². The number of nitrogens with zero attached hydrogens (tertiary/aromatic N) is 2. The van der Waals surface area contributed by atoms with E-state index in [1.54, 1.807) is 29.4 Å². The first kappa shape index (κ1) is 9.86. The minimum absolute atomic E-state index is 0.251. The predicted octanol–water partition coefficient (Wildman–Crippen LogP) is 1.51. The Kier molecular flexibility index (Phi) is 2.78. The molecular weight excluding hydrogens is 193 g/mol. The number of halogens is 1. The van der Waals surface area contributed by atoms with Gasteiger partial charge in [-0.25, -0.2) is 9.37 Å². The molecule has 2 aromatic rings. The maximum Gasteiger partial charge on any atom is 0.147 e. The summed E-state index contributed by atoms with van der Waals surface area (Å²) >= 11 is 0. The number of benzene rings is 1. The number of imidazole rings is 1. The van der Waals surface area contributed by atoms with E-state index >= 15 is 0 Å². The van der Waals surface area contributed by atoms with Gasteiger partial charge >= 0.3 is 0 Å². The molecule has 15 heavy (non-hydrogen) atoms. The average molecular weight is 205 g/mol. The summed E-state index contributed by atoms with van der Waals surface area (Å²) in [5, 5.41) is 0. The van der Waals surface area contributed by atoms with Crippen molar-refractivity contribution in [2.75, 3.05) is 6.54 Å². The number of hydrogen-bond donors (Lipinski definition) is 1. The second kappa shape index (κ2) is 4.23. The highest BCUT2D eigenvalue weighted by Gasteiger charge is 2.08. The van der Waals surface area contributed by atoms with Gasteiger partial charge in [0.25, 0.3) is 0 Å². The van der Waals surface area contributed by atoms with Crippen LogP contribution in [0.3, 0.4) is 0 Å². The summed E-state index contributed by atoms with van der Waals surface area (Å²) in [7, 11) is 0. The van der Waals surface area contributed by atoms with Gasteiger partial charge in [0.15, 0.2) is 0 Å². The van der Waals surface area contributed by atoms with Crippen molar-refractivity contribution < 1.29 is 4.39 Å². The zero-order valence-electron chi connectivity index (χ0n) is 8.23. The Morgan fingerprint density at radius 3 is 2.93 bits per heavy atom. The van der Waals surface area contributed by atoms with Crippen molar-refractivity contribution in [3.63, 3.8) is 0 Å². The standard InChI is InChI=1S/C11H12FN3/c12-10-3-1-2-9(4-5-13)11(10)15-7-6-14-8-15/h1-3,6-8H,4-5,13H2. The van der Waals surface area contributed by atoms with Gasteiger partial charge in [-0.2, -0.15) is 0 Å². The van der Waals surface area contributed by atoms with E-state index in [2.05, 4.69) is 4.98 Å². The molecule has 0 aliphatic heterocycles. The molecule has 0 aliphatic rings. The Balaban J connectivity index is 2.52. The summed E-state index contributed by atoms with van der Waals surface area (Å²) < 4.78 is 15.3. The van der Waals surface area contributed by atoms with Crippen LogP contribution >= 0.6 is 0 Å². The van der Waals surface area contributed by atoms with Gasteiger partial charge in [-0.05, 0) is 24.6 Å². The fourth-order valence-corrected chi connectivity index (χ4v) is 1.60. The van der Waals surface area contributed by atoms with Crippen LogP contribution in [0.25, 0.3) is 5.69 Å². The molecule has 2 N–H and O–H groups in total. The van der Waals surface area contributed by atoms with E-state index in [4.69, 9.17) is 5.73 Å². The molecule has 0 saturated heterocycles. The predicted molar refractivity (Wildman–Crippen MR) is 56.3 cm³/mol. The SMILES string of the molecule is NCCc1cccc(F)c1-n1ccnc1. The van der Waals surface area contributed by atoms with Crippen LogP contribution in [0.2, 0.25) is 0 Å². The fourth-order valence-electron chi connectivity index (χ4n) is 1.60. The summed E-state index contributed by atoms with van der Waals surface area (Å²) in [5.74, 6) is -0.251. The third kappa shape index (κ3) is 1.89. The smallest absolute Gasteiger partial charge is 0.147 e. The first-order valence-electron chi connectivity index (χ1n) is 4.78. The van der Waals surface area contributed by atoms with Crippen LogP contribution in [0.4, 0.5) is 4.39 Å². The quantitative estimate of drug-likeness (QED) is 0.825. The van der Waals surface area contributed by atoms with Gasteiger partial charge in [0, 0.05) is 12.4 Å². The molecule has 0 radical (unpaired) electrons. The molecule has 1 aromatic carbocycles. The number of para-hydroxylation sites is 1. The Morgan fingerprint density at radius 2 is 2.27 bits per heavy atom. The summed E-state index contributed by atoms with van der Waals surface area (Å²) in [5.41, 5.74) is 6.93. The molecule has 0 atom stereocenters. The Labute approximate surface area is 87.4 Å². The lowest BCUT2D eigenvalue weighted by molar-refractivity contribution is 0.615. The molecule has 1 heterocycles. The topological polar surface area (TPSA) is 43.8 Å². The molecule has 0 bridgehead atoms. The van der Waals surface area contributed by atoms with Gasteiger partial charge in [-0.1, -0.05) is 12.1 Å². The molecule has 0 unspecified atom stereocenters. The van der Waals surface area contributed by atoms with Gasteiger partial charge in [0.1, 0.15) is 5.82 Å². The molecule has 0 aliphatic carbocycles. The molecule has 4 heteroatoms. The van der Waals surface area contributed by atoms with Crippen molar-refractivity contribution in [3.8, 4) is 5.69 Å². The van der Waals surface area contributed by atoms with Gasteiger partial charge < -0.3 is 10.3 Å². The number of nitrogens with two attached hydrogens (primary N) is 1. The molecule has 0 amide bonds. The minimum Gasteiger partial charge on any atom is -0.330 e. The largest absolute Gasteiger partial charge is 0.330 e. The van der Waals surface area contributed by atoms with Gasteiger partial charge in [-0.3, -0.25) is 0 Å². The molecule has 78 valence electrons. The van der Waals surface area contributed by atoms with Crippen LogP contribution in [0, 0.1) is 5.82 Å². The molecule has 0 fully saturated rings. The second-order valence-electron chi connectivity index (χ2n) is 3.26. The van der Waals surface area contributed by atoms with Crippen LogP contribution < -0.4 is 5.73 Å². The monoisotopic (exact) mass is 205 g/mol. The molecule has 0 saturated carbocycles. The highest BCUT2D eigenvalue weighted by molar-refractivity contribution is 5.42. The van der Waals surface area contributed by atoms with Crippen molar-refractivity contribution in [2.24, 2.45) is 5.73 Å². The molecular formula is C11H12FN3. The minimum atomic E-state index is -0.251. The number of hydrogen-bond acceptors (Lipinski definition) is 2. The van der Waals surface area contributed by atoms with Crippen LogP contribution in [-0.2, 0) is 6.42 Å². The molecule has 3 nitrogen and oxygen atoms in total. The third-order valence-electron chi connectivity index (χ3n) is 2.25. The van der Waals surface area contributed by atoms with Crippen molar-refractivity contribution in [1.29, 1.82) is 0 Å². The number of aromatic nitrogens is 2. The average Bonchev–Trinajstić information content (AvgIpc) is 2.71. The highest BCUT2D eigenvalue weighted by Crippen LogP contribution is 2.18. The Hall–Kier alpha value is -1.68. The molecule has 0 spiro atoms. The third-order valence-corrected chi connectivity index (χ3v) is 2.25. The zero-order chi connectivity index (χ0) is 10.7. The lowest BCUT2D eigenvalue weighted by atomic mass is 10.1. The van der Waals surface area contributed by atoms with E-state index < -0.39 is 0 Å². The highest BCUT2D eigenvalue weighted by atomic mass is 19.1. The van der Waals surface area contributed by atoms with Crippen molar-refractivity contribution >= 4 is 0 Å². The van der Waals surface area contributed by atoms with E-state index in [1.807, 2.05) is 6.07 Å². The Morgan fingerprint density at radius 1 is 1.40 bits per heavy atom. The summed E-state index contributed by atoms with van der Waals surface area (Å²) in [6.45, 7) is 0.505. The first-order chi connectivity index (χ1) is 7.33. The van der Waals surface area contributed by atoms with Gasteiger partial charge in [-0.15, -0.1) is 0 Å². The van der Waals surface area contributed by atoms with E-state index in [0.29, 0.717) is 18.7 Å². The van der Waals surface area contributed by atoms with Crippen LogP contribution in [0.15, 0.2) is 36.9 Å². The van der Waals surface area contributed by atoms with Crippen LogP contribution in [0.5, 0.6) is 0 Å². The summed E-state index contributed by atoms with van der Waals surface area (Å²) in [6.07, 6.45) is 5.58. The lowest BCUT2D eigenvalue weighted by Crippen LogP contribution is -2.07. The van der Waals surface area contributed by atoms with E-state index in [-0.39, 0.29) is 5.82 Å². The van der Waals surface area contributed by atoms with E-state index in [0.717, 1.165) is 5.56 Å². The first-order valence-corrected chi connectivity index (χ1v) is 4.78.